The molecule has 0 aliphatic carbocycles. The predicted octanol–water partition coefficient (Wildman–Crippen LogP) is 1.15. The average Bonchev–Trinajstić information content (AvgIpc) is 2.67. The van der Waals surface area contributed by atoms with Gasteiger partial charge in [0.25, 0.3) is 0 Å². The molecule has 98 valence electrons. The minimum absolute atomic E-state index is 0.165. The van der Waals surface area contributed by atoms with E-state index < -0.39 is 11.3 Å². The summed E-state index contributed by atoms with van der Waals surface area (Å²) in [5.74, 6) is 0. The van der Waals surface area contributed by atoms with Crippen LogP contribution >= 0.6 is 11.6 Å². The molecule has 2 aromatic heterocycles. The highest BCUT2D eigenvalue weighted by Crippen LogP contribution is 2.31. The molecule has 19 heavy (non-hydrogen) atoms. The zero-order valence-corrected chi connectivity index (χ0v) is 10.4. The lowest BCUT2D eigenvalue weighted by Crippen LogP contribution is -2.23. The predicted molar refractivity (Wildman–Crippen MR) is 69.7 cm³/mol. The van der Waals surface area contributed by atoms with Crippen LogP contribution in [0.3, 0.4) is 0 Å². The van der Waals surface area contributed by atoms with Crippen LogP contribution in [0.15, 0.2) is 36.7 Å². The van der Waals surface area contributed by atoms with Crippen molar-refractivity contribution in [1.29, 1.82) is 0 Å². The highest BCUT2D eigenvalue weighted by atomic mass is 35.5. The fourth-order valence-electron chi connectivity index (χ4n) is 2.14. The highest BCUT2D eigenvalue weighted by Gasteiger charge is 2.18. The Morgan fingerprint density at radius 1 is 1.26 bits per heavy atom. The largest absolute Gasteiger partial charge is 0.442 e. The summed E-state index contributed by atoms with van der Waals surface area (Å²) in [5.41, 5.74) is 4.82. The van der Waals surface area contributed by atoms with Gasteiger partial charge in [0.2, 0.25) is 5.71 Å². The van der Waals surface area contributed by atoms with Crippen molar-refractivity contribution in [1.82, 2.24) is 4.57 Å². The first kappa shape index (κ1) is 12.0. The monoisotopic (exact) mass is 280 g/mol. The Morgan fingerprint density at radius 3 is 2.79 bits per heavy atom. The lowest BCUT2D eigenvalue weighted by molar-refractivity contribution is 0.286. The number of nitrogens with zero attached hydrogens (tertiary/aromatic N) is 1. The number of halogens is 1. The van der Waals surface area contributed by atoms with E-state index in [9.17, 15) is 9.59 Å². The van der Waals surface area contributed by atoms with Crippen LogP contribution in [0.5, 0.6) is 0 Å². The minimum Gasteiger partial charge on any atom is -0.397 e. The van der Waals surface area contributed by atoms with E-state index in [-0.39, 0.29) is 5.71 Å². The lowest BCUT2D eigenvalue weighted by atomic mass is 10.1. The first-order valence-electron chi connectivity index (χ1n) is 5.60. The number of rotatable bonds is 2. The van der Waals surface area contributed by atoms with Crippen molar-refractivity contribution in [3.8, 4) is 0 Å². The Balaban J connectivity index is 2.61. The van der Waals surface area contributed by atoms with E-state index in [0.29, 0.717) is 34.5 Å². The lowest BCUT2D eigenvalue weighted by Gasteiger charge is -1.97. The molecule has 6 nitrogen and oxygen atoms in total. The van der Waals surface area contributed by atoms with Crippen molar-refractivity contribution >= 4 is 28.2 Å². The van der Waals surface area contributed by atoms with E-state index in [1.54, 1.807) is 18.2 Å². The van der Waals surface area contributed by atoms with Crippen molar-refractivity contribution < 1.29 is 8.94 Å². The molecule has 0 aliphatic heterocycles. The molecule has 0 spiro atoms. The van der Waals surface area contributed by atoms with Gasteiger partial charge in [-0.1, -0.05) is 17.7 Å². The number of benzene rings is 1. The van der Waals surface area contributed by atoms with E-state index in [1.165, 1.54) is 4.57 Å². The van der Waals surface area contributed by atoms with E-state index in [4.69, 9.17) is 26.3 Å². The molecule has 0 amide bonds. The van der Waals surface area contributed by atoms with Gasteiger partial charge in [-0.2, -0.15) is 0 Å². The molecule has 0 bridgehead atoms. The van der Waals surface area contributed by atoms with Gasteiger partial charge in [0.1, 0.15) is 0 Å². The van der Waals surface area contributed by atoms with Gasteiger partial charge in [0.05, 0.1) is 10.5 Å². The second-order valence-electron chi connectivity index (χ2n) is 4.02. The Bertz CT molecular complexity index is 890. The third-order valence-electron chi connectivity index (χ3n) is 2.88. The SMILES string of the molecule is NCCc1c2c(Cl)cccc2n2oc(=O)c(=O)oc12. The summed E-state index contributed by atoms with van der Waals surface area (Å²) in [4.78, 5) is 22.6. The molecule has 0 aliphatic rings. The maximum absolute atomic E-state index is 11.3. The summed E-state index contributed by atoms with van der Waals surface area (Å²) in [6, 6.07) is 5.14. The van der Waals surface area contributed by atoms with Crippen molar-refractivity contribution in [3.63, 3.8) is 0 Å². The maximum Gasteiger partial charge on any atom is 0.442 e. The molecule has 0 saturated heterocycles. The van der Waals surface area contributed by atoms with Crippen molar-refractivity contribution in [3.05, 3.63) is 49.6 Å². The van der Waals surface area contributed by atoms with Gasteiger partial charge in [-0.25, -0.2) is 9.59 Å². The summed E-state index contributed by atoms with van der Waals surface area (Å²) < 4.78 is 11.1. The number of aromatic nitrogens is 1. The zero-order valence-electron chi connectivity index (χ0n) is 9.68. The van der Waals surface area contributed by atoms with Crippen molar-refractivity contribution in [2.24, 2.45) is 5.73 Å². The van der Waals surface area contributed by atoms with Crippen LogP contribution in [0.4, 0.5) is 0 Å². The van der Waals surface area contributed by atoms with E-state index in [0.717, 1.165) is 0 Å². The summed E-state index contributed by atoms with van der Waals surface area (Å²) in [7, 11) is 0. The molecular formula is C12H9ClN2O4. The van der Waals surface area contributed by atoms with Crippen LogP contribution in [-0.2, 0) is 6.42 Å². The van der Waals surface area contributed by atoms with Crippen LogP contribution in [0.25, 0.3) is 16.6 Å². The number of fused-ring (bicyclic) bond motifs is 3. The van der Waals surface area contributed by atoms with Crippen LogP contribution < -0.4 is 17.0 Å². The molecule has 3 rings (SSSR count). The fraction of sp³-hybridized carbons (Fsp3) is 0.167. The number of hydrogen-bond donors (Lipinski definition) is 1. The van der Waals surface area contributed by atoms with Crippen LogP contribution in [0.1, 0.15) is 5.56 Å². The standard InChI is InChI=1S/C12H9ClN2O4/c13-7-2-1-3-8-9(7)6(4-5-14)10-15(8)19-12(17)11(16)18-10/h1-3H,4-5,14H2. The Kier molecular flexibility index (Phi) is 2.69. The van der Waals surface area contributed by atoms with Gasteiger partial charge in [-0.05, 0) is 25.1 Å². The first-order valence-corrected chi connectivity index (χ1v) is 5.97. The molecule has 0 radical (unpaired) electrons. The highest BCUT2D eigenvalue weighted by molar-refractivity contribution is 6.36. The summed E-state index contributed by atoms with van der Waals surface area (Å²) >= 11 is 6.16. The topological polar surface area (TPSA) is 90.9 Å². The van der Waals surface area contributed by atoms with Crippen molar-refractivity contribution in [2.75, 3.05) is 6.54 Å². The number of hydrogen-bond acceptors (Lipinski definition) is 5. The Labute approximate surface area is 110 Å². The molecular weight excluding hydrogens is 272 g/mol. The van der Waals surface area contributed by atoms with Gasteiger partial charge in [0, 0.05) is 10.9 Å². The summed E-state index contributed by atoms with van der Waals surface area (Å²) in [6.07, 6.45) is 0.452. The van der Waals surface area contributed by atoms with Crippen LogP contribution in [-0.4, -0.2) is 11.1 Å². The Morgan fingerprint density at radius 2 is 2.05 bits per heavy atom. The fourth-order valence-corrected chi connectivity index (χ4v) is 2.42. The Hall–Kier alpha value is -2.05. The van der Waals surface area contributed by atoms with Gasteiger partial charge in [-0.3, -0.25) is 0 Å². The minimum atomic E-state index is -1.07. The molecule has 0 fully saturated rings. The van der Waals surface area contributed by atoms with Gasteiger partial charge < -0.3 is 14.7 Å². The number of nitrogens with two attached hydrogens (primary N) is 1. The smallest absolute Gasteiger partial charge is 0.397 e. The second-order valence-corrected chi connectivity index (χ2v) is 4.43. The molecule has 1 aromatic carbocycles. The second kappa shape index (κ2) is 4.25. The molecule has 2 heterocycles. The third-order valence-corrected chi connectivity index (χ3v) is 3.19. The molecule has 0 atom stereocenters. The average molecular weight is 281 g/mol. The normalized spacial score (nSPS) is 11.5. The maximum atomic E-state index is 11.3. The van der Waals surface area contributed by atoms with Crippen LogP contribution in [0.2, 0.25) is 5.02 Å². The van der Waals surface area contributed by atoms with E-state index in [1.807, 2.05) is 0 Å². The van der Waals surface area contributed by atoms with Gasteiger partial charge in [-0.15, -0.1) is 4.57 Å². The van der Waals surface area contributed by atoms with E-state index in [2.05, 4.69) is 0 Å². The zero-order chi connectivity index (χ0) is 13.6. The summed E-state index contributed by atoms with van der Waals surface area (Å²) in [6.45, 7) is 0.350. The molecule has 0 unspecified atom stereocenters. The van der Waals surface area contributed by atoms with Gasteiger partial charge >= 0.3 is 11.3 Å². The molecule has 7 heteroatoms. The molecule has 0 saturated carbocycles. The first-order chi connectivity index (χ1) is 9.13. The van der Waals surface area contributed by atoms with Crippen molar-refractivity contribution in [2.45, 2.75) is 6.42 Å². The van der Waals surface area contributed by atoms with Gasteiger partial charge in [0.15, 0.2) is 0 Å². The molecule has 2 N–H and O–H groups in total. The quantitative estimate of drug-likeness (QED) is 0.711. The third kappa shape index (κ3) is 1.68. The van der Waals surface area contributed by atoms with E-state index >= 15 is 0 Å². The molecule has 3 aromatic rings. The van der Waals surface area contributed by atoms with Crippen LogP contribution in [0, 0.1) is 0 Å². The summed E-state index contributed by atoms with van der Waals surface area (Å²) in [5, 5.41) is 1.15.